The van der Waals surface area contributed by atoms with E-state index in [1.807, 2.05) is 85.5 Å². The van der Waals surface area contributed by atoms with Crippen LogP contribution in [0.5, 0.6) is 57.5 Å². The minimum atomic E-state index is -1.04. The van der Waals surface area contributed by atoms with Crippen molar-refractivity contribution in [2.24, 2.45) is 0 Å². The van der Waals surface area contributed by atoms with E-state index in [1.165, 1.54) is 94.1 Å². The Morgan fingerprint density at radius 2 is 0.682 bits per heavy atom. The molecule has 13 N–H and O–H groups in total. The maximum atomic E-state index is 11.4. The number of hydrogen-bond donors (Lipinski definition) is 11. The van der Waals surface area contributed by atoms with Gasteiger partial charge >= 0.3 is 137 Å². The van der Waals surface area contributed by atoms with E-state index in [2.05, 4.69) is 22.9 Å². The molecule has 665 valence electrons. The summed E-state index contributed by atoms with van der Waals surface area (Å²) < 4.78 is 44.7. The van der Waals surface area contributed by atoms with Gasteiger partial charge in [0.2, 0.25) is 0 Å². The minimum absolute atomic E-state index is 0. The van der Waals surface area contributed by atoms with Crippen LogP contribution in [0.15, 0.2) is 262 Å². The van der Waals surface area contributed by atoms with E-state index in [9.17, 15) is 64.5 Å². The van der Waals surface area contributed by atoms with Gasteiger partial charge in [0.1, 0.15) is 69.1 Å². The van der Waals surface area contributed by atoms with Crippen molar-refractivity contribution in [1.29, 1.82) is 0 Å². The number of hydrogen-bond acceptors (Lipinski definition) is 26. The number of methoxy groups -OCH3 is 3. The number of ether oxygens (including phenoxy) is 3. The van der Waals surface area contributed by atoms with Crippen LogP contribution in [0, 0.1) is 54.0 Å². The Bertz CT molecular complexity index is 6120. The zero-order chi connectivity index (χ0) is 89.8. The first kappa shape index (κ1) is 118. The van der Waals surface area contributed by atoms with Gasteiger partial charge in [0, 0.05) is 86.3 Å². The van der Waals surface area contributed by atoms with Crippen molar-refractivity contribution in [1.82, 2.24) is 0 Å². The van der Waals surface area contributed by atoms with Crippen LogP contribution in [0.1, 0.15) is 111 Å². The molecule has 12 rings (SSSR count). The first-order valence-corrected chi connectivity index (χ1v) is 39.3. The van der Waals surface area contributed by atoms with Gasteiger partial charge in [0.15, 0.2) is 23.0 Å². The molecule has 0 amide bonds. The summed E-state index contributed by atoms with van der Waals surface area (Å²) in [7, 11) is 2.71. The van der Waals surface area contributed by atoms with Crippen LogP contribution in [-0.4, -0.2) is 89.6 Å². The Hall–Kier alpha value is -11.1. The Morgan fingerprint density at radius 1 is 0.364 bits per heavy atom. The molecule has 0 aliphatic heterocycles. The van der Waals surface area contributed by atoms with Gasteiger partial charge in [-0.15, -0.1) is 19.3 Å². The van der Waals surface area contributed by atoms with Crippen molar-refractivity contribution in [3.8, 4) is 106 Å². The van der Waals surface area contributed by atoms with Crippen molar-refractivity contribution < 1.29 is 244 Å². The van der Waals surface area contributed by atoms with E-state index in [0.717, 1.165) is 45.9 Å². The third-order valence-corrected chi connectivity index (χ3v) is 19.8. The van der Waals surface area contributed by atoms with E-state index in [0.29, 0.717) is 86.5 Å². The van der Waals surface area contributed by atoms with Crippen LogP contribution in [0.2, 0.25) is 0 Å². The van der Waals surface area contributed by atoms with Gasteiger partial charge in [0.05, 0.1) is 84.2 Å². The number of phenolic OH excluding ortho intramolecular Hbond substituents is 4. The molecule has 0 aliphatic carbocycles. The normalized spacial score (nSPS) is 10.2. The summed E-state index contributed by atoms with van der Waals surface area (Å²) >= 11 is 0. The monoisotopic (exact) mass is 1930 g/mol. The Balaban J connectivity index is -0.000000476. The molecule has 0 fully saturated rings. The molecule has 12 aromatic rings. The van der Waals surface area contributed by atoms with E-state index in [-0.39, 0.29) is 240 Å². The molecule has 129 heavy (non-hydrogen) atoms. The number of phenols is 4. The topological polar surface area (TPSA) is 463 Å². The summed E-state index contributed by atoms with van der Waals surface area (Å²) in [5.41, 5.74) is 12.2. The SMILES string of the molecule is C.C.C#C[C-](P(C)C#C)P(C#C)C#C.COc1cc(/C=C/c2ccc(CO)c(CO)c2)oc(=O)c1.COc1cc(/C=C/c2ccccc2)oc(=O)c1.COc1cc(CCc2ccc(CO)c(CO)c2)oc(=O)c1.O.O=c1cc(O)cc(/C=C/c2ccc(O)c(O)c2)o1.O=c1cc(O)cc(/C=C/c2ccc(O)c(O)c2)o1.O=c1cc(O)cc(/C=C/c2ccccc2)o1.[2H-].[2H-].[HH].[HH].[K+].[K+].[Y]. The van der Waals surface area contributed by atoms with Crippen LogP contribution >= 0.6 is 15.8 Å². The van der Waals surface area contributed by atoms with Crippen molar-refractivity contribution in [2.75, 3.05) is 28.0 Å². The fourth-order valence-corrected chi connectivity index (χ4v) is 12.6. The quantitative estimate of drug-likeness (QED) is 0.00987. The average molecular weight is 1930 g/mol. The van der Waals surface area contributed by atoms with Crippen molar-refractivity contribution in [3.05, 3.63) is 364 Å². The van der Waals surface area contributed by atoms with E-state index >= 15 is 0 Å². The second-order valence-electron chi connectivity index (χ2n) is 24.8. The molecular formula is C97H99K2O27P2Y-. The largest absolute Gasteiger partial charge is 1.00 e. The molecule has 1 atom stereocenters. The van der Waals surface area contributed by atoms with Crippen LogP contribution in [0.25, 0.3) is 60.8 Å². The van der Waals surface area contributed by atoms with Gasteiger partial charge in [-0.25, -0.2) is 28.8 Å². The Labute approximate surface area is 862 Å². The average Bonchev–Trinajstić information content (AvgIpc) is 0.845. The molecule has 27 nitrogen and oxygen atoms in total. The van der Waals surface area contributed by atoms with E-state index in [4.69, 9.17) is 86.8 Å². The predicted molar refractivity (Wildman–Crippen MR) is 497 cm³/mol. The molecule has 6 aromatic heterocycles. The van der Waals surface area contributed by atoms with Gasteiger partial charge in [-0.2, -0.15) is 0 Å². The maximum absolute atomic E-state index is 11.4. The number of aliphatic hydroxyl groups excluding tert-OH is 4. The first-order chi connectivity index (χ1) is 59.1. The molecule has 0 saturated heterocycles. The molecule has 1 unspecified atom stereocenters. The summed E-state index contributed by atoms with van der Waals surface area (Å²) in [5.74, 6) is 4.64. The second kappa shape index (κ2) is 63.8. The molecule has 6 heterocycles. The predicted octanol–water partition coefficient (Wildman–Crippen LogP) is 10.1. The minimum Gasteiger partial charge on any atom is -1.00 e. The Morgan fingerprint density at radius 3 is 1.02 bits per heavy atom. The molecule has 6 aromatic carbocycles. The summed E-state index contributed by atoms with van der Waals surface area (Å²) in [5, 5.41) is 102. The zero-order valence-electron chi connectivity index (χ0n) is 71.5. The number of terminal acetylenes is 4. The number of aromatic hydroxyl groups is 7. The van der Waals surface area contributed by atoms with Crippen LogP contribution in [0.3, 0.4) is 0 Å². The molecule has 1 radical (unpaired) electrons. The fraction of sp³-hybridized carbons (Fsp3) is 0.124. The van der Waals surface area contributed by atoms with Gasteiger partial charge in [0.25, 0.3) is 0 Å². The van der Waals surface area contributed by atoms with Crippen molar-refractivity contribution in [3.63, 3.8) is 0 Å². The third-order valence-electron chi connectivity index (χ3n) is 16.1. The van der Waals surface area contributed by atoms with Gasteiger partial charge in [-0.05, 0) is 129 Å². The number of aliphatic hydroxyl groups is 4. The van der Waals surface area contributed by atoms with Gasteiger partial charge in [-0.1, -0.05) is 179 Å². The number of aryl methyl sites for hydroxylation is 2. The summed E-state index contributed by atoms with van der Waals surface area (Å²) in [6.45, 7) is 1.41. The van der Waals surface area contributed by atoms with E-state index < -0.39 is 49.6 Å². The molecule has 32 heteroatoms. The molecular weight excluding hydrogens is 1830 g/mol. The number of benzene rings is 6. The van der Waals surface area contributed by atoms with Crippen molar-refractivity contribution in [2.45, 2.75) is 54.1 Å². The Kier molecular flexibility index (Phi) is 58.3. The summed E-state index contributed by atoms with van der Waals surface area (Å²) in [6.07, 6.45) is 38.6. The summed E-state index contributed by atoms with van der Waals surface area (Å²) in [6, 6.07) is 54.5. The fourth-order valence-electron chi connectivity index (χ4n) is 10.1. The van der Waals surface area contributed by atoms with Gasteiger partial charge < -0.3 is 112 Å². The van der Waals surface area contributed by atoms with E-state index in [1.54, 1.807) is 97.1 Å². The standard InChI is InChI=1S/C16H18O5.C16H16O5.C14H12O3.2C13H10O5.C13H10O3.C10H7P2.2CH4.2K.H2O.Y.2H2.2H/c2*1-20-15-7-14(21-16(19)8-15)5-3-11-2-4-12(9-17)13(6-11)10-18;1-16-13-9-12(17-14(15)10-13)8-7-11-5-3-2-4-6-11;2*14-9-6-10(18-13(17)7-9)3-1-8-2-4-11(15)12(16)5-8;14-11-8-12(16-13(15)9-11)7-6-10-4-2-1-3-5-10;1-6-10(11(5)7-2)12(8-3)9-4;;;;;;;;;;/h2,4,6-8,17-18H,3,5,9-10H2,1H3;2-8,17-18H,9-10H2,1H3;2-10H,1H3;2*1-7,14-16H;1-9,14H;1-4H,5H3;2*1H4;;;1H2;;2*1H;;/q;;;;;;-1;;;2*+1;;;;;2*-1/b;5-3+;8-7+;2*3-1+;7-6+;;;;;;;;;;;/i;;;;;;;;;;;;;;;2*1+1. The molecule has 0 bridgehead atoms. The van der Waals surface area contributed by atoms with Gasteiger partial charge in [-0.3, -0.25) is 5.92 Å². The molecule has 0 aliphatic rings. The van der Waals surface area contributed by atoms with Crippen molar-refractivity contribution >= 4 is 76.6 Å². The van der Waals surface area contributed by atoms with Crippen LogP contribution in [0.4, 0.5) is 0 Å². The zero-order valence-corrected chi connectivity index (χ0v) is 80.3. The third kappa shape index (κ3) is 43.2. The van der Waals surface area contributed by atoms with Crippen LogP contribution < -0.4 is 151 Å². The molecule has 0 saturated carbocycles. The smallest absolute Gasteiger partial charge is 1.00 e. The number of rotatable bonds is 22. The molecule has 0 spiro atoms. The maximum Gasteiger partial charge on any atom is 1.00 e. The van der Waals surface area contributed by atoms with Crippen LogP contribution in [-0.2, 0) is 72.0 Å². The first-order valence-electron chi connectivity index (χ1n) is 36.2. The second-order valence-corrected chi connectivity index (χ2v) is 28.6. The summed E-state index contributed by atoms with van der Waals surface area (Å²) in [4.78, 5) is 66.8.